The first-order valence-corrected chi connectivity index (χ1v) is 7.79. The van der Waals surface area contributed by atoms with E-state index in [1.54, 1.807) is 40.9 Å². The number of nitrogens with one attached hydrogen (secondary N) is 1. The number of esters is 2. The van der Waals surface area contributed by atoms with E-state index in [0.717, 1.165) is 0 Å². The molecule has 0 bridgehead atoms. The van der Waals surface area contributed by atoms with Crippen LogP contribution < -0.4 is 5.32 Å². The van der Waals surface area contributed by atoms with Crippen LogP contribution in [0, 0.1) is 0 Å². The number of carbonyl (C=O) groups is 2. The summed E-state index contributed by atoms with van der Waals surface area (Å²) in [5, 5.41) is 11.1. The molecule has 1 N–H and O–H groups in total. The van der Waals surface area contributed by atoms with Gasteiger partial charge in [-0.25, -0.2) is 9.59 Å². The van der Waals surface area contributed by atoms with E-state index in [-0.39, 0.29) is 13.2 Å². The summed E-state index contributed by atoms with van der Waals surface area (Å²) in [6, 6.07) is 0. The van der Waals surface area contributed by atoms with Gasteiger partial charge in [0.05, 0.1) is 36.0 Å². The third-order valence-electron chi connectivity index (χ3n) is 3.67. The molecule has 0 fully saturated rings. The monoisotopic (exact) mass is 334 g/mol. The van der Waals surface area contributed by atoms with Crippen LogP contribution in [0.25, 0.3) is 0 Å². The molecule has 2 heterocycles. The number of aryl methyl sites for hydroxylation is 1. The van der Waals surface area contributed by atoms with Gasteiger partial charge in [0.25, 0.3) is 0 Å². The quantitative estimate of drug-likeness (QED) is 0.808. The lowest BCUT2D eigenvalue weighted by Gasteiger charge is -2.28. The first-order chi connectivity index (χ1) is 11.4. The zero-order valence-corrected chi connectivity index (χ0v) is 14.5. The molecule has 1 aliphatic heterocycles. The standard InChI is InChI=1S/C16H22N4O4/c1-6-23-15(21)12-9(3)17-10(4)13(16(22)24-7-2)14(12)11-8-20(5)19-18-11/h8,14,17H,6-7H2,1-5H3. The van der Waals surface area contributed by atoms with Crippen LogP contribution in [0.2, 0.25) is 0 Å². The Morgan fingerprint density at radius 2 is 1.62 bits per heavy atom. The summed E-state index contributed by atoms with van der Waals surface area (Å²) in [5.41, 5.74) is 2.41. The number of allylic oxidation sites excluding steroid dienone is 2. The maximum absolute atomic E-state index is 12.5. The van der Waals surface area contributed by atoms with Crippen molar-refractivity contribution in [3.05, 3.63) is 34.4 Å². The third kappa shape index (κ3) is 3.32. The summed E-state index contributed by atoms with van der Waals surface area (Å²) in [5.74, 6) is -1.67. The van der Waals surface area contributed by atoms with E-state index < -0.39 is 17.9 Å². The molecule has 0 unspecified atom stereocenters. The number of carbonyl (C=O) groups excluding carboxylic acids is 2. The van der Waals surface area contributed by atoms with Crippen LogP contribution in [0.5, 0.6) is 0 Å². The third-order valence-corrected chi connectivity index (χ3v) is 3.67. The van der Waals surface area contributed by atoms with Crippen molar-refractivity contribution in [3.63, 3.8) is 0 Å². The molecule has 130 valence electrons. The average molecular weight is 334 g/mol. The van der Waals surface area contributed by atoms with Gasteiger partial charge in [0.15, 0.2) is 0 Å². The molecule has 1 aromatic heterocycles. The van der Waals surface area contributed by atoms with Crippen LogP contribution in [0.15, 0.2) is 28.7 Å². The first-order valence-electron chi connectivity index (χ1n) is 7.79. The number of nitrogens with zero attached hydrogens (tertiary/aromatic N) is 3. The van der Waals surface area contributed by atoms with Crippen LogP contribution in [-0.4, -0.2) is 40.1 Å². The van der Waals surface area contributed by atoms with Gasteiger partial charge >= 0.3 is 11.9 Å². The van der Waals surface area contributed by atoms with Crippen molar-refractivity contribution in [2.45, 2.75) is 33.6 Å². The molecule has 0 aromatic carbocycles. The first kappa shape index (κ1) is 17.7. The molecular weight excluding hydrogens is 312 g/mol. The van der Waals surface area contributed by atoms with E-state index in [9.17, 15) is 9.59 Å². The zero-order chi connectivity index (χ0) is 17.9. The van der Waals surface area contributed by atoms with E-state index in [0.29, 0.717) is 28.2 Å². The van der Waals surface area contributed by atoms with Gasteiger partial charge in [0.2, 0.25) is 0 Å². The van der Waals surface area contributed by atoms with E-state index in [1.165, 1.54) is 4.68 Å². The van der Waals surface area contributed by atoms with Gasteiger partial charge in [0, 0.05) is 24.6 Å². The fraction of sp³-hybridized carbons (Fsp3) is 0.500. The number of hydrogen-bond acceptors (Lipinski definition) is 7. The van der Waals surface area contributed by atoms with Crippen LogP contribution >= 0.6 is 0 Å². The topological polar surface area (TPSA) is 95.3 Å². The maximum atomic E-state index is 12.5. The Bertz CT molecular complexity index is 677. The smallest absolute Gasteiger partial charge is 0.336 e. The Kier molecular flexibility index (Phi) is 5.38. The summed E-state index contributed by atoms with van der Waals surface area (Å²) in [7, 11) is 1.72. The SMILES string of the molecule is CCOC(=O)C1=C(C)NC(C)=C(C(=O)OCC)C1c1cn(C)nn1. The lowest BCUT2D eigenvalue weighted by Crippen LogP contribution is -2.32. The summed E-state index contributed by atoms with van der Waals surface area (Å²) < 4.78 is 11.9. The molecular formula is C16H22N4O4. The highest BCUT2D eigenvalue weighted by atomic mass is 16.5. The fourth-order valence-electron chi connectivity index (χ4n) is 2.75. The predicted octanol–water partition coefficient (Wildman–Crippen LogP) is 1.18. The minimum Gasteiger partial charge on any atom is -0.463 e. The Balaban J connectivity index is 2.59. The molecule has 0 aliphatic carbocycles. The van der Waals surface area contributed by atoms with Gasteiger partial charge in [-0.3, -0.25) is 4.68 Å². The van der Waals surface area contributed by atoms with Crippen molar-refractivity contribution in [2.24, 2.45) is 7.05 Å². The molecule has 24 heavy (non-hydrogen) atoms. The minimum absolute atomic E-state index is 0.236. The van der Waals surface area contributed by atoms with E-state index in [1.807, 2.05) is 0 Å². The summed E-state index contributed by atoms with van der Waals surface area (Å²) in [6.45, 7) is 7.46. The van der Waals surface area contributed by atoms with E-state index in [2.05, 4.69) is 15.6 Å². The lowest BCUT2D eigenvalue weighted by molar-refractivity contribution is -0.139. The van der Waals surface area contributed by atoms with Crippen LogP contribution in [0.4, 0.5) is 0 Å². The molecule has 8 nitrogen and oxygen atoms in total. The number of hydrogen-bond donors (Lipinski definition) is 1. The van der Waals surface area contributed by atoms with Gasteiger partial charge < -0.3 is 14.8 Å². The number of ether oxygens (including phenoxy) is 2. The van der Waals surface area contributed by atoms with Gasteiger partial charge in [-0.1, -0.05) is 5.21 Å². The summed E-state index contributed by atoms with van der Waals surface area (Å²) in [4.78, 5) is 25.0. The van der Waals surface area contributed by atoms with Gasteiger partial charge in [-0.15, -0.1) is 5.10 Å². The minimum atomic E-state index is -0.682. The summed E-state index contributed by atoms with van der Waals surface area (Å²) in [6.07, 6.45) is 1.68. The highest BCUT2D eigenvalue weighted by Gasteiger charge is 2.39. The molecule has 0 spiro atoms. The van der Waals surface area contributed by atoms with Gasteiger partial charge in [-0.2, -0.15) is 0 Å². The highest BCUT2D eigenvalue weighted by molar-refractivity contribution is 5.99. The molecule has 0 saturated carbocycles. The van der Waals surface area contributed by atoms with Gasteiger partial charge in [0.1, 0.15) is 0 Å². The Morgan fingerprint density at radius 3 is 2.00 bits per heavy atom. The van der Waals surface area contributed by atoms with Crippen molar-refractivity contribution in [1.29, 1.82) is 0 Å². The lowest BCUT2D eigenvalue weighted by atomic mass is 9.83. The van der Waals surface area contributed by atoms with E-state index >= 15 is 0 Å². The second-order valence-corrected chi connectivity index (χ2v) is 5.39. The largest absolute Gasteiger partial charge is 0.463 e. The van der Waals surface area contributed by atoms with Crippen molar-refractivity contribution >= 4 is 11.9 Å². The van der Waals surface area contributed by atoms with Crippen molar-refractivity contribution in [3.8, 4) is 0 Å². The van der Waals surface area contributed by atoms with Crippen molar-refractivity contribution in [1.82, 2.24) is 20.3 Å². The molecule has 2 rings (SSSR count). The molecule has 0 atom stereocenters. The highest BCUT2D eigenvalue weighted by Crippen LogP contribution is 2.38. The second kappa shape index (κ2) is 7.29. The maximum Gasteiger partial charge on any atom is 0.336 e. The molecule has 0 radical (unpaired) electrons. The second-order valence-electron chi connectivity index (χ2n) is 5.39. The van der Waals surface area contributed by atoms with Crippen LogP contribution in [-0.2, 0) is 26.1 Å². The molecule has 0 amide bonds. The van der Waals surface area contributed by atoms with Crippen molar-refractivity contribution < 1.29 is 19.1 Å². The Hall–Kier alpha value is -2.64. The fourth-order valence-corrected chi connectivity index (χ4v) is 2.75. The number of rotatable bonds is 5. The van der Waals surface area contributed by atoms with Crippen LogP contribution in [0.1, 0.15) is 39.3 Å². The normalized spacial score (nSPS) is 15.4. The molecule has 0 saturated heterocycles. The molecule has 1 aromatic rings. The summed E-state index contributed by atoms with van der Waals surface area (Å²) >= 11 is 0. The van der Waals surface area contributed by atoms with E-state index in [4.69, 9.17) is 9.47 Å². The zero-order valence-electron chi connectivity index (χ0n) is 14.5. The molecule has 1 aliphatic rings. The van der Waals surface area contributed by atoms with Crippen molar-refractivity contribution in [2.75, 3.05) is 13.2 Å². The van der Waals surface area contributed by atoms with Crippen LogP contribution in [0.3, 0.4) is 0 Å². The number of aromatic nitrogens is 3. The predicted molar refractivity (Wildman–Crippen MR) is 85.5 cm³/mol. The average Bonchev–Trinajstić information content (AvgIpc) is 2.93. The number of dihydropyridines is 1. The Morgan fingerprint density at radius 1 is 1.12 bits per heavy atom. The molecule has 8 heteroatoms. The van der Waals surface area contributed by atoms with Gasteiger partial charge in [-0.05, 0) is 27.7 Å². The Labute approximate surface area is 140 Å².